The lowest BCUT2D eigenvalue weighted by Crippen LogP contribution is -2.36. The van der Waals surface area contributed by atoms with Crippen LogP contribution in [0.2, 0.25) is 0 Å². The number of nitrogens with zero attached hydrogens (tertiary/aromatic N) is 2. The molecule has 1 rings (SSSR count). The average Bonchev–Trinajstić information content (AvgIpc) is 2.60. The summed E-state index contributed by atoms with van der Waals surface area (Å²) in [5.74, 6) is 0. The van der Waals surface area contributed by atoms with E-state index >= 15 is 0 Å². The van der Waals surface area contributed by atoms with E-state index in [4.69, 9.17) is 12.2 Å². The Kier molecular flexibility index (Phi) is 5.69. The molecule has 0 unspecified atom stereocenters. The Labute approximate surface area is 108 Å². The van der Waals surface area contributed by atoms with Crippen LogP contribution in [0.25, 0.3) is 0 Å². The van der Waals surface area contributed by atoms with Crippen molar-refractivity contribution in [1.82, 2.24) is 20.4 Å². The highest BCUT2D eigenvalue weighted by Crippen LogP contribution is 2.01. The summed E-state index contributed by atoms with van der Waals surface area (Å²) >= 11 is 5.09. The molecular formula is C12H20N4S. The molecule has 0 saturated heterocycles. The third kappa shape index (κ3) is 4.99. The molecule has 1 heterocycles. The summed E-state index contributed by atoms with van der Waals surface area (Å²) in [5.41, 5.74) is 2.27. The van der Waals surface area contributed by atoms with E-state index in [1.165, 1.54) is 5.69 Å². The van der Waals surface area contributed by atoms with Crippen LogP contribution < -0.4 is 10.6 Å². The van der Waals surface area contributed by atoms with E-state index < -0.39 is 0 Å². The van der Waals surface area contributed by atoms with Gasteiger partial charge in [-0.15, -0.1) is 6.58 Å². The Morgan fingerprint density at radius 3 is 2.88 bits per heavy atom. The fourth-order valence-corrected chi connectivity index (χ4v) is 1.74. The first-order valence-electron chi connectivity index (χ1n) is 5.77. The first-order chi connectivity index (χ1) is 8.13. The molecule has 4 nitrogen and oxygen atoms in total. The van der Waals surface area contributed by atoms with Gasteiger partial charge in [0, 0.05) is 25.3 Å². The van der Waals surface area contributed by atoms with Crippen molar-refractivity contribution < 1.29 is 0 Å². The van der Waals surface area contributed by atoms with Gasteiger partial charge in [-0.05, 0) is 38.6 Å². The van der Waals surface area contributed by atoms with Crippen LogP contribution >= 0.6 is 12.2 Å². The zero-order chi connectivity index (χ0) is 12.7. The standard InChI is InChI=1S/C12H20N4S/c1-4-6-13-12(17)14-7-5-8-16-11(3)9-10(2)15-16/h4,9H,1,5-8H2,2-3H3,(H2,13,14,17). The summed E-state index contributed by atoms with van der Waals surface area (Å²) in [6.45, 7) is 10.2. The molecule has 0 radical (unpaired) electrons. The smallest absolute Gasteiger partial charge is 0.166 e. The third-order valence-corrected chi connectivity index (χ3v) is 2.63. The second kappa shape index (κ2) is 7.06. The highest BCUT2D eigenvalue weighted by molar-refractivity contribution is 7.80. The molecule has 0 fully saturated rings. The summed E-state index contributed by atoms with van der Waals surface area (Å²) < 4.78 is 2.03. The van der Waals surface area contributed by atoms with Crippen molar-refractivity contribution in [3.05, 3.63) is 30.1 Å². The first-order valence-corrected chi connectivity index (χ1v) is 6.18. The van der Waals surface area contributed by atoms with Crippen molar-refractivity contribution in [2.75, 3.05) is 13.1 Å². The van der Waals surface area contributed by atoms with Crippen LogP contribution in [0, 0.1) is 13.8 Å². The van der Waals surface area contributed by atoms with Gasteiger partial charge in [0.1, 0.15) is 0 Å². The predicted molar refractivity (Wildman–Crippen MR) is 75.1 cm³/mol. The maximum absolute atomic E-state index is 5.09. The SMILES string of the molecule is C=CCNC(=S)NCCCn1nc(C)cc1C. The summed E-state index contributed by atoms with van der Waals surface area (Å²) in [7, 11) is 0. The van der Waals surface area contributed by atoms with Crippen LogP contribution in [0.4, 0.5) is 0 Å². The molecule has 94 valence electrons. The minimum absolute atomic E-state index is 0.679. The van der Waals surface area contributed by atoms with Crippen molar-refractivity contribution in [1.29, 1.82) is 0 Å². The summed E-state index contributed by atoms with van der Waals surface area (Å²) in [6.07, 6.45) is 2.78. The Balaban J connectivity index is 2.18. The third-order valence-electron chi connectivity index (χ3n) is 2.34. The van der Waals surface area contributed by atoms with Gasteiger partial charge in [0.25, 0.3) is 0 Å². The minimum atomic E-state index is 0.679. The number of aryl methyl sites for hydroxylation is 3. The average molecular weight is 252 g/mol. The second-order valence-electron chi connectivity index (χ2n) is 3.93. The Morgan fingerprint density at radius 1 is 1.53 bits per heavy atom. The van der Waals surface area contributed by atoms with Gasteiger partial charge >= 0.3 is 0 Å². The van der Waals surface area contributed by atoms with E-state index in [1.807, 2.05) is 11.6 Å². The second-order valence-corrected chi connectivity index (χ2v) is 4.34. The van der Waals surface area contributed by atoms with Crippen LogP contribution in [0.5, 0.6) is 0 Å². The molecule has 0 spiro atoms. The lowest BCUT2D eigenvalue weighted by Gasteiger charge is -2.09. The van der Waals surface area contributed by atoms with Crippen LogP contribution in [-0.2, 0) is 6.54 Å². The lowest BCUT2D eigenvalue weighted by atomic mass is 10.4. The summed E-state index contributed by atoms with van der Waals surface area (Å²) in [6, 6.07) is 2.09. The maximum Gasteiger partial charge on any atom is 0.166 e. The number of rotatable bonds is 6. The van der Waals surface area contributed by atoms with Gasteiger partial charge in [0.15, 0.2) is 5.11 Å². The van der Waals surface area contributed by atoms with Crippen molar-refractivity contribution in [2.24, 2.45) is 0 Å². The fourth-order valence-electron chi connectivity index (χ4n) is 1.56. The molecular weight excluding hydrogens is 232 g/mol. The predicted octanol–water partition coefficient (Wildman–Crippen LogP) is 1.54. The van der Waals surface area contributed by atoms with Gasteiger partial charge in [-0.1, -0.05) is 6.08 Å². The lowest BCUT2D eigenvalue weighted by molar-refractivity contribution is 0.557. The summed E-state index contributed by atoms with van der Waals surface area (Å²) in [5, 5.41) is 11.3. The van der Waals surface area contributed by atoms with Crippen LogP contribution in [0.3, 0.4) is 0 Å². The Morgan fingerprint density at radius 2 is 2.29 bits per heavy atom. The molecule has 17 heavy (non-hydrogen) atoms. The molecule has 0 aliphatic rings. The molecule has 0 aliphatic carbocycles. The van der Waals surface area contributed by atoms with Crippen LogP contribution in [-0.4, -0.2) is 28.0 Å². The van der Waals surface area contributed by atoms with Crippen molar-refractivity contribution in [2.45, 2.75) is 26.8 Å². The fraction of sp³-hybridized carbons (Fsp3) is 0.500. The number of thiocarbonyl (C=S) groups is 1. The molecule has 0 bridgehead atoms. The minimum Gasteiger partial charge on any atom is -0.363 e. The van der Waals surface area contributed by atoms with E-state index in [0.717, 1.165) is 25.2 Å². The highest BCUT2D eigenvalue weighted by Gasteiger charge is 2.00. The van der Waals surface area contributed by atoms with Gasteiger partial charge in [0.05, 0.1) is 5.69 Å². The topological polar surface area (TPSA) is 41.9 Å². The van der Waals surface area contributed by atoms with E-state index in [0.29, 0.717) is 11.7 Å². The maximum atomic E-state index is 5.09. The summed E-state index contributed by atoms with van der Waals surface area (Å²) in [4.78, 5) is 0. The number of aromatic nitrogens is 2. The number of hydrogen-bond donors (Lipinski definition) is 2. The molecule has 0 aliphatic heterocycles. The quantitative estimate of drug-likeness (QED) is 0.458. The largest absolute Gasteiger partial charge is 0.363 e. The van der Waals surface area contributed by atoms with Gasteiger partial charge in [0.2, 0.25) is 0 Å². The molecule has 1 aromatic heterocycles. The molecule has 5 heteroatoms. The molecule has 0 saturated carbocycles. The molecule has 0 atom stereocenters. The van der Waals surface area contributed by atoms with E-state index in [2.05, 4.69) is 35.3 Å². The molecule has 0 aromatic carbocycles. The van der Waals surface area contributed by atoms with Crippen molar-refractivity contribution >= 4 is 17.3 Å². The number of hydrogen-bond acceptors (Lipinski definition) is 2. The Bertz CT molecular complexity index is 384. The number of nitrogens with one attached hydrogen (secondary N) is 2. The molecule has 2 N–H and O–H groups in total. The normalized spacial score (nSPS) is 10.0. The van der Waals surface area contributed by atoms with Crippen molar-refractivity contribution in [3.8, 4) is 0 Å². The first kappa shape index (κ1) is 13.7. The van der Waals surface area contributed by atoms with Gasteiger partial charge < -0.3 is 10.6 Å². The van der Waals surface area contributed by atoms with E-state index in [9.17, 15) is 0 Å². The Hall–Kier alpha value is -1.36. The van der Waals surface area contributed by atoms with Crippen LogP contribution in [0.15, 0.2) is 18.7 Å². The van der Waals surface area contributed by atoms with Crippen molar-refractivity contribution in [3.63, 3.8) is 0 Å². The van der Waals surface area contributed by atoms with E-state index in [1.54, 1.807) is 6.08 Å². The van der Waals surface area contributed by atoms with Gasteiger partial charge in [-0.3, -0.25) is 4.68 Å². The molecule has 0 amide bonds. The van der Waals surface area contributed by atoms with Gasteiger partial charge in [-0.25, -0.2) is 0 Å². The van der Waals surface area contributed by atoms with Gasteiger partial charge in [-0.2, -0.15) is 5.10 Å². The molecule has 1 aromatic rings. The van der Waals surface area contributed by atoms with E-state index in [-0.39, 0.29) is 0 Å². The zero-order valence-electron chi connectivity index (χ0n) is 10.5. The zero-order valence-corrected chi connectivity index (χ0v) is 11.3. The monoisotopic (exact) mass is 252 g/mol. The highest BCUT2D eigenvalue weighted by atomic mass is 32.1. The van der Waals surface area contributed by atoms with Crippen LogP contribution in [0.1, 0.15) is 17.8 Å².